The molecule has 0 spiro atoms. The normalized spacial score (nSPS) is 22.2. The summed E-state index contributed by atoms with van der Waals surface area (Å²) in [6.07, 6.45) is -1.36. The Balaban J connectivity index is 1.45. The van der Waals surface area contributed by atoms with Crippen molar-refractivity contribution in [3.05, 3.63) is 34.9 Å². The maximum Gasteiger partial charge on any atom is 0.401 e. The van der Waals surface area contributed by atoms with Crippen LogP contribution in [0.4, 0.5) is 18.0 Å². The molecule has 0 bridgehead atoms. The van der Waals surface area contributed by atoms with E-state index in [1.54, 1.807) is 12.1 Å². The number of halogens is 4. The molecule has 2 N–H and O–H groups in total. The fourth-order valence-corrected chi connectivity index (χ4v) is 3.60. The van der Waals surface area contributed by atoms with Crippen LogP contribution in [0, 0.1) is 11.8 Å². The Labute approximate surface area is 156 Å². The van der Waals surface area contributed by atoms with E-state index >= 15 is 0 Å². The van der Waals surface area contributed by atoms with Crippen LogP contribution in [0.25, 0.3) is 0 Å². The van der Waals surface area contributed by atoms with Gasteiger partial charge in [0.15, 0.2) is 0 Å². The minimum atomic E-state index is -4.17. The fourth-order valence-electron chi connectivity index (χ4n) is 3.48. The van der Waals surface area contributed by atoms with E-state index < -0.39 is 12.7 Å². The topological polar surface area (TPSA) is 44.4 Å². The summed E-state index contributed by atoms with van der Waals surface area (Å²) in [6, 6.07) is 7.11. The number of rotatable bonds is 6. The zero-order valence-corrected chi connectivity index (χ0v) is 15.1. The van der Waals surface area contributed by atoms with Gasteiger partial charge in [0.25, 0.3) is 0 Å². The Hall–Kier alpha value is -1.47. The first kappa shape index (κ1) is 19.3. The van der Waals surface area contributed by atoms with Gasteiger partial charge in [-0.2, -0.15) is 13.2 Å². The molecule has 26 heavy (non-hydrogen) atoms. The summed E-state index contributed by atoms with van der Waals surface area (Å²) in [6.45, 7) is 0.292. The Morgan fingerprint density at radius 3 is 2.54 bits per heavy atom. The highest BCUT2D eigenvalue weighted by atomic mass is 35.5. The van der Waals surface area contributed by atoms with Crippen LogP contribution in [0.15, 0.2) is 24.3 Å². The van der Waals surface area contributed by atoms with E-state index in [4.69, 9.17) is 11.6 Å². The van der Waals surface area contributed by atoms with E-state index in [1.165, 1.54) is 4.90 Å². The molecular formula is C18H23ClF3N3O. The molecule has 1 aliphatic heterocycles. The van der Waals surface area contributed by atoms with Gasteiger partial charge in [0, 0.05) is 18.1 Å². The molecule has 1 aromatic rings. The molecule has 2 aliphatic rings. The van der Waals surface area contributed by atoms with E-state index in [1.807, 2.05) is 12.1 Å². The standard InChI is InChI=1S/C18H23ClF3N3O/c19-15-5-3-14(4-6-15)16(13-1-2-13)24-17(26)23-9-12-7-8-25(10-12)11-18(20,21)22/h3-6,12-13,16H,1-2,7-11H2,(H2,23,24,26)/t12-,16+/m1/s1. The lowest BCUT2D eigenvalue weighted by Crippen LogP contribution is -2.41. The van der Waals surface area contributed by atoms with Gasteiger partial charge in [-0.3, -0.25) is 4.90 Å². The zero-order chi connectivity index (χ0) is 18.7. The molecule has 0 unspecified atom stereocenters. The minimum Gasteiger partial charge on any atom is -0.338 e. The second-order valence-electron chi connectivity index (χ2n) is 7.23. The first-order chi connectivity index (χ1) is 12.3. The number of nitrogens with one attached hydrogen (secondary N) is 2. The number of carbonyl (C=O) groups excluding carboxylic acids is 1. The maximum absolute atomic E-state index is 12.4. The predicted molar refractivity (Wildman–Crippen MR) is 94.1 cm³/mol. The summed E-state index contributed by atoms with van der Waals surface area (Å²) in [5, 5.41) is 6.47. The van der Waals surface area contributed by atoms with Crippen LogP contribution in [0.5, 0.6) is 0 Å². The summed E-state index contributed by atoms with van der Waals surface area (Å²) in [5.74, 6) is 0.480. The van der Waals surface area contributed by atoms with Crippen LogP contribution in [0.1, 0.15) is 30.9 Å². The molecule has 1 saturated carbocycles. The SMILES string of the molecule is O=C(NC[C@H]1CCN(CC(F)(F)F)C1)N[C@H](c1ccc(Cl)cc1)C1CC1. The number of amides is 2. The average molecular weight is 390 g/mol. The highest BCUT2D eigenvalue weighted by molar-refractivity contribution is 6.30. The van der Waals surface area contributed by atoms with E-state index in [0.29, 0.717) is 37.0 Å². The van der Waals surface area contributed by atoms with Crippen molar-refractivity contribution in [2.75, 3.05) is 26.2 Å². The Morgan fingerprint density at radius 2 is 1.92 bits per heavy atom. The lowest BCUT2D eigenvalue weighted by atomic mass is 10.0. The highest BCUT2D eigenvalue weighted by Gasteiger charge is 2.35. The number of hydrogen-bond donors (Lipinski definition) is 2. The van der Waals surface area contributed by atoms with E-state index in [-0.39, 0.29) is 18.0 Å². The van der Waals surface area contributed by atoms with Crippen molar-refractivity contribution in [2.45, 2.75) is 31.5 Å². The molecular weight excluding hydrogens is 367 g/mol. The van der Waals surface area contributed by atoms with Crippen LogP contribution in [0.2, 0.25) is 5.02 Å². The maximum atomic E-state index is 12.4. The number of urea groups is 1. The summed E-state index contributed by atoms with van der Waals surface area (Å²) < 4.78 is 37.3. The van der Waals surface area contributed by atoms with Crippen LogP contribution in [0.3, 0.4) is 0 Å². The van der Waals surface area contributed by atoms with Crippen molar-refractivity contribution in [2.24, 2.45) is 11.8 Å². The van der Waals surface area contributed by atoms with Crippen molar-refractivity contribution in [1.29, 1.82) is 0 Å². The van der Waals surface area contributed by atoms with Gasteiger partial charge in [0.1, 0.15) is 0 Å². The van der Waals surface area contributed by atoms with Crippen LogP contribution in [-0.4, -0.2) is 43.3 Å². The first-order valence-electron chi connectivity index (χ1n) is 8.89. The van der Waals surface area contributed by atoms with Crippen LogP contribution < -0.4 is 10.6 Å². The smallest absolute Gasteiger partial charge is 0.338 e. The lowest BCUT2D eigenvalue weighted by Gasteiger charge is -2.21. The Kier molecular flexibility index (Phi) is 5.97. The van der Waals surface area contributed by atoms with Crippen LogP contribution in [-0.2, 0) is 0 Å². The minimum absolute atomic E-state index is 0.0537. The van der Waals surface area contributed by atoms with Gasteiger partial charge < -0.3 is 10.6 Å². The van der Waals surface area contributed by atoms with Gasteiger partial charge in [0.2, 0.25) is 0 Å². The first-order valence-corrected chi connectivity index (χ1v) is 9.27. The second kappa shape index (κ2) is 8.05. The number of alkyl halides is 3. The monoisotopic (exact) mass is 389 g/mol. The molecule has 1 saturated heterocycles. The van der Waals surface area contributed by atoms with Crippen molar-refractivity contribution in [3.8, 4) is 0 Å². The third kappa shape index (κ3) is 5.77. The molecule has 0 radical (unpaired) electrons. The molecule has 4 nitrogen and oxygen atoms in total. The van der Waals surface area contributed by atoms with Gasteiger partial charge >= 0.3 is 12.2 Å². The van der Waals surface area contributed by atoms with Crippen molar-refractivity contribution in [3.63, 3.8) is 0 Å². The average Bonchev–Trinajstić information content (AvgIpc) is 3.31. The highest BCUT2D eigenvalue weighted by Crippen LogP contribution is 2.41. The Morgan fingerprint density at radius 1 is 1.23 bits per heavy atom. The number of carbonyl (C=O) groups is 1. The number of benzene rings is 1. The third-order valence-electron chi connectivity index (χ3n) is 4.93. The van der Waals surface area contributed by atoms with Crippen molar-refractivity contribution in [1.82, 2.24) is 15.5 Å². The van der Waals surface area contributed by atoms with Crippen molar-refractivity contribution < 1.29 is 18.0 Å². The largest absolute Gasteiger partial charge is 0.401 e. The summed E-state index contributed by atoms with van der Waals surface area (Å²) in [4.78, 5) is 13.6. The van der Waals surface area contributed by atoms with Gasteiger partial charge in [-0.25, -0.2) is 4.79 Å². The predicted octanol–water partition coefficient (Wildman–Crippen LogP) is 3.97. The number of hydrogen-bond acceptors (Lipinski definition) is 2. The molecule has 1 aliphatic carbocycles. The molecule has 3 rings (SSSR count). The molecule has 1 aromatic carbocycles. The van der Waals surface area contributed by atoms with Gasteiger partial charge in [-0.1, -0.05) is 23.7 Å². The second-order valence-corrected chi connectivity index (χ2v) is 7.66. The van der Waals surface area contributed by atoms with E-state index in [9.17, 15) is 18.0 Å². The fraction of sp³-hybridized carbons (Fsp3) is 0.611. The molecule has 8 heteroatoms. The third-order valence-corrected chi connectivity index (χ3v) is 5.19. The molecule has 1 heterocycles. The number of nitrogens with zero attached hydrogens (tertiary/aromatic N) is 1. The van der Waals surface area contributed by atoms with E-state index in [2.05, 4.69) is 10.6 Å². The lowest BCUT2D eigenvalue weighted by molar-refractivity contribution is -0.143. The molecule has 2 atom stereocenters. The van der Waals surface area contributed by atoms with Gasteiger partial charge in [-0.05, 0) is 55.3 Å². The molecule has 144 valence electrons. The van der Waals surface area contributed by atoms with Gasteiger partial charge in [-0.15, -0.1) is 0 Å². The Bertz CT molecular complexity index is 619. The number of likely N-dealkylation sites (tertiary alicyclic amines) is 1. The van der Waals surface area contributed by atoms with Gasteiger partial charge in [0.05, 0.1) is 12.6 Å². The summed E-state index contributed by atoms with van der Waals surface area (Å²) in [7, 11) is 0. The molecule has 2 fully saturated rings. The quantitative estimate of drug-likeness (QED) is 0.773. The van der Waals surface area contributed by atoms with Crippen LogP contribution >= 0.6 is 11.6 Å². The molecule has 0 aromatic heterocycles. The summed E-state index contributed by atoms with van der Waals surface area (Å²) >= 11 is 5.92. The molecule has 2 amide bonds. The van der Waals surface area contributed by atoms with Crippen molar-refractivity contribution >= 4 is 17.6 Å². The van der Waals surface area contributed by atoms with E-state index in [0.717, 1.165) is 18.4 Å². The summed E-state index contributed by atoms with van der Waals surface area (Å²) in [5.41, 5.74) is 1.02. The zero-order valence-electron chi connectivity index (χ0n) is 14.4.